The molecule has 26 heavy (non-hydrogen) atoms. The second-order valence-electron chi connectivity index (χ2n) is 6.54. The van der Waals surface area contributed by atoms with Crippen molar-refractivity contribution in [3.63, 3.8) is 0 Å². The number of β-amino-alcohol motifs (C(OH)–C–C–N with tert-alkyl or cyclic N) is 1. The maximum absolute atomic E-state index is 12.5. The molecule has 138 valence electrons. The summed E-state index contributed by atoms with van der Waals surface area (Å²) in [6.07, 6.45) is 1.16. The Morgan fingerprint density at radius 1 is 1.35 bits per heavy atom. The van der Waals surface area contributed by atoms with E-state index in [2.05, 4.69) is 10.3 Å². The Bertz CT molecular complexity index is 846. The molecule has 1 aromatic carbocycles. The van der Waals surface area contributed by atoms with Gasteiger partial charge < -0.3 is 25.4 Å². The zero-order valence-corrected chi connectivity index (χ0v) is 14.3. The van der Waals surface area contributed by atoms with Crippen molar-refractivity contribution in [3.8, 4) is 0 Å². The molecule has 4 N–H and O–H groups in total. The molecule has 1 fully saturated rings. The lowest BCUT2D eigenvalue weighted by Gasteiger charge is -2.24. The number of carboxylic acids is 1. The molecule has 0 bridgehead atoms. The quantitative estimate of drug-likeness (QED) is 0.610. The summed E-state index contributed by atoms with van der Waals surface area (Å²) in [4.78, 5) is 40.2. The number of aliphatic carboxylic acids is 1. The molecule has 0 saturated carbocycles. The predicted octanol–water partition coefficient (Wildman–Crippen LogP) is 0.262. The minimum absolute atomic E-state index is 0.0770. The number of fused-ring (bicyclic) bond motifs is 1. The molecule has 0 aliphatic carbocycles. The van der Waals surface area contributed by atoms with Gasteiger partial charge in [0.25, 0.3) is 0 Å². The molecule has 3 atom stereocenters. The highest BCUT2D eigenvalue weighted by atomic mass is 16.4. The highest BCUT2D eigenvalue weighted by Crippen LogP contribution is 2.21. The summed E-state index contributed by atoms with van der Waals surface area (Å²) in [5.41, 5.74) is 1.67. The third-order valence-electron chi connectivity index (χ3n) is 4.70. The fourth-order valence-corrected chi connectivity index (χ4v) is 3.40. The maximum atomic E-state index is 12.5. The van der Waals surface area contributed by atoms with Crippen LogP contribution in [0.4, 0.5) is 0 Å². The van der Waals surface area contributed by atoms with Gasteiger partial charge in [0, 0.05) is 43.4 Å². The van der Waals surface area contributed by atoms with E-state index in [1.54, 1.807) is 6.20 Å². The van der Waals surface area contributed by atoms with Crippen LogP contribution in [0, 0.1) is 0 Å². The minimum Gasteiger partial charge on any atom is -0.480 e. The van der Waals surface area contributed by atoms with Crippen LogP contribution in [-0.2, 0) is 20.8 Å². The van der Waals surface area contributed by atoms with Crippen molar-refractivity contribution in [2.45, 2.75) is 38.0 Å². The van der Waals surface area contributed by atoms with E-state index < -0.39 is 30.1 Å². The number of rotatable bonds is 5. The number of likely N-dealkylation sites (tertiary alicyclic amines) is 1. The van der Waals surface area contributed by atoms with Crippen LogP contribution < -0.4 is 5.32 Å². The third kappa shape index (κ3) is 3.55. The lowest BCUT2D eigenvalue weighted by molar-refractivity contribution is -0.143. The molecule has 2 aromatic rings. The van der Waals surface area contributed by atoms with Gasteiger partial charge in [0.1, 0.15) is 12.1 Å². The number of carboxylic acid groups (broad SMARTS) is 1. The molecule has 2 heterocycles. The Labute approximate surface area is 149 Å². The van der Waals surface area contributed by atoms with Crippen LogP contribution in [0.25, 0.3) is 10.9 Å². The second kappa shape index (κ2) is 7.17. The average Bonchev–Trinajstić information content (AvgIpc) is 3.18. The molecule has 8 heteroatoms. The topological polar surface area (TPSA) is 123 Å². The summed E-state index contributed by atoms with van der Waals surface area (Å²) in [7, 11) is 0. The number of aromatic nitrogens is 1. The van der Waals surface area contributed by atoms with Crippen LogP contribution in [0.5, 0.6) is 0 Å². The fourth-order valence-electron chi connectivity index (χ4n) is 3.40. The van der Waals surface area contributed by atoms with E-state index in [-0.39, 0.29) is 25.3 Å². The normalized spacial score (nSPS) is 20.9. The number of hydrogen-bond acceptors (Lipinski definition) is 4. The fraction of sp³-hybridized carbons (Fsp3) is 0.389. The first-order valence-electron chi connectivity index (χ1n) is 8.40. The van der Waals surface area contributed by atoms with E-state index in [9.17, 15) is 24.6 Å². The highest BCUT2D eigenvalue weighted by Gasteiger charge is 2.38. The van der Waals surface area contributed by atoms with Crippen LogP contribution in [0.2, 0.25) is 0 Å². The molecular formula is C18H21N3O5. The monoisotopic (exact) mass is 359 g/mol. The van der Waals surface area contributed by atoms with Gasteiger partial charge in [-0.1, -0.05) is 18.2 Å². The predicted molar refractivity (Wildman–Crippen MR) is 93.4 cm³/mol. The summed E-state index contributed by atoms with van der Waals surface area (Å²) in [6, 6.07) is 5.52. The first kappa shape index (κ1) is 17.9. The summed E-state index contributed by atoms with van der Waals surface area (Å²) in [5, 5.41) is 22.7. The summed E-state index contributed by atoms with van der Waals surface area (Å²) < 4.78 is 0. The second-order valence-corrected chi connectivity index (χ2v) is 6.54. The van der Waals surface area contributed by atoms with Crippen LogP contribution in [0.15, 0.2) is 30.5 Å². The van der Waals surface area contributed by atoms with Crippen molar-refractivity contribution in [3.05, 3.63) is 36.0 Å². The summed E-state index contributed by atoms with van der Waals surface area (Å²) in [6.45, 7) is 1.40. The number of nitrogens with zero attached hydrogens (tertiary/aromatic N) is 1. The van der Waals surface area contributed by atoms with Gasteiger partial charge in [-0.25, -0.2) is 4.79 Å². The van der Waals surface area contributed by atoms with Gasteiger partial charge in [-0.2, -0.15) is 0 Å². The zero-order chi connectivity index (χ0) is 18.8. The maximum Gasteiger partial charge on any atom is 0.326 e. The van der Waals surface area contributed by atoms with Gasteiger partial charge in [0.05, 0.1) is 6.10 Å². The van der Waals surface area contributed by atoms with E-state index in [1.807, 2.05) is 24.3 Å². The third-order valence-corrected chi connectivity index (χ3v) is 4.70. The Morgan fingerprint density at radius 2 is 2.08 bits per heavy atom. The van der Waals surface area contributed by atoms with E-state index >= 15 is 0 Å². The summed E-state index contributed by atoms with van der Waals surface area (Å²) >= 11 is 0. The Kier molecular flexibility index (Phi) is 4.94. The molecule has 1 aromatic heterocycles. The van der Waals surface area contributed by atoms with Gasteiger partial charge in [-0.05, 0) is 11.6 Å². The van der Waals surface area contributed by atoms with E-state index in [0.717, 1.165) is 16.5 Å². The molecule has 1 aliphatic rings. The van der Waals surface area contributed by atoms with Gasteiger partial charge >= 0.3 is 5.97 Å². The van der Waals surface area contributed by atoms with E-state index in [4.69, 9.17) is 0 Å². The molecule has 1 aliphatic heterocycles. The van der Waals surface area contributed by atoms with Crippen LogP contribution in [0.3, 0.4) is 0 Å². The number of H-pyrrole nitrogens is 1. The SMILES string of the molecule is CC(=O)N1CC(O)CC1C(=O)NC(Cc1c[nH]c2ccccc12)C(=O)O. The molecule has 0 spiro atoms. The Hall–Kier alpha value is -2.87. The van der Waals surface area contributed by atoms with Crippen LogP contribution >= 0.6 is 0 Å². The van der Waals surface area contributed by atoms with Gasteiger partial charge in [-0.15, -0.1) is 0 Å². The highest BCUT2D eigenvalue weighted by molar-refractivity contribution is 5.91. The number of aliphatic hydroxyl groups excluding tert-OH is 1. The average molecular weight is 359 g/mol. The van der Waals surface area contributed by atoms with Crippen molar-refractivity contribution in [1.29, 1.82) is 0 Å². The molecule has 8 nitrogen and oxygen atoms in total. The number of carbonyl (C=O) groups excluding carboxylic acids is 2. The lowest BCUT2D eigenvalue weighted by atomic mass is 10.0. The smallest absolute Gasteiger partial charge is 0.326 e. The molecule has 1 saturated heterocycles. The number of benzene rings is 1. The first-order valence-corrected chi connectivity index (χ1v) is 8.40. The number of para-hydroxylation sites is 1. The molecule has 0 radical (unpaired) electrons. The van der Waals surface area contributed by atoms with E-state index in [0.29, 0.717) is 0 Å². The number of nitrogens with one attached hydrogen (secondary N) is 2. The zero-order valence-electron chi connectivity index (χ0n) is 14.3. The van der Waals surface area contributed by atoms with Crippen molar-refractivity contribution < 1.29 is 24.6 Å². The molecule has 3 rings (SSSR count). The van der Waals surface area contributed by atoms with Gasteiger partial charge in [-0.3, -0.25) is 9.59 Å². The standard InChI is InChI=1S/C18H21N3O5/c1-10(22)21-9-12(23)7-16(21)17(24)20-15(18(25)26)6-11-8-19-14-5-3-2-4-13(11)14/h2-5,8,12,15-16,19,23H,6-7,9H2,1H3,(H,20,24)(H,25,26). The van der Waals surface area contributed by atoms with Crippen molar-refractivity contribution >= 4 is 28.7 Å². The molecule has 3 unspecified atom stereocenters. The summed E-state index contributed by atoms with van der Waals surface area (Å²) in [5.74, 6) is -2.05. The Morgan fingerprint density at radius 3 is 2.77 bits per heavy atom. The van der Waals surface area contributed by atoms with Gasteiger partial charge in [0.15, 0.2) is 0 Å². The Balaban J connectivity index is 1.75. The first-order chi connectivity index (χ1) is 12.4. The number of carbonyl (C=O) groups is 3. The number of hydrogen-bond donors (Lipinski definition) is 4. The van der Waals surface area contributed by atoms with Gasteiger partial charge in [0.2, 0.25) is 11.8 Å². The number of amides is 2. The molecule has 2 amide bonds. The van der Waals surface area contributed by atoms with Crippen molar-refractivity contribution in [1.82, 2.24) is 15.2 Å². The van der Waals surface area contributed by atoms with Crippen LogP contribution in [0.1, 0.15) is 18.9 Å². The minimum atomic E-state index is -1.16. The molecular weight excluding hydrogens is 338 g/mol. The van der Waals surface area contributed by atoms with Crippen molar-refractivity contribution in [2.24, 2.45) is 0 Å². The number of aliphatic hydroxyl groups is 1. The lowest BCUT2D eigenvalue weighted by Crippen LogP contribution is -2.51. The number of aromatic amines is 1. The van der Waals surface area contributed by atoms with Crippen molar-refractivity contribution in [2.75, 3.05) is 6.54 Å². The van der Waals surface area contributed by atoms with Crippen LogP contribution in [-0.4, -0.2) is 62.6 Å². The largest absolute Gasteiger partial charge is 0.480 e. The van der Waals surface area contributed by atoms with E-state index in [1.165, 1.54) is 11.8 Å².